The molecule has 0 rings (SSSR count). The van der Waals surface area contributed by atoms with E-state index in [4.69, 9.17) is 32.0 Å². The third-order valence-corrected chi connectivity index (χ3v) is 27.8. The maximum Gasteiger partial charge on any atom is 0.314 e. The van der Waals surface area contributed by atoms with Gasteiger partial charge in [-0.05, 0) is 117 Å². The molecule has 31 heavy (non-hydrogen) atoms. The van der Waals surface area contributed by atoms with Gasteiger partial charge in [-0.15, -0.1) is 0 Å². The van der Waals surface area contributed by atoms with Crippen LogP contribution >= 0.6 is 0 Å². The maximum absolute atomic E-state index is 6.62. The molecule has 0 saturated carbocycles. The minimum Gasteiger partial charge on any atom is -0.436 e. The summed E-state index contributed by atoms with van der Waals surface area (Å²) in [5.41, 5.74) is 11.4. The second-order valence-corrected chi connectivity index (χ2v) is 34.7. The molecule has 0 aliphatic carbocycles. The van der Waals surface area contributed by atoms with Gasteiger partial charge in [-0.2, -0.15) is 0 Å². The quantitative estimate of drug-likeness (QED) is 0.264. The zero-order valence-corrected chi connectivity index (χ0v) is 28.4. The zero-order valence-electron chi connectivity index (χ0n) is 22.4. The van der Waals surface area contributed by atoms with E-state index < -0.39 is 50.9 Å². The van der Waals surface area contributed by atoms with Gasteiger partial charge in [0, 0.05) is 0 Å². The molecule has 0 heterocycles. The Morgan fingerprint density at radius 2 is 0.645 bits per heavy atom. The highest BCUT2D eigenvalue weighted by Crippen LogP contribution is 2.29. The van der Waals surface area contributed by atoms with Crippen LogP contribution in [0, 0.1) is 0 Å². The lowest BCUT2D eigenvalue weighted by molar-refractivity contribution is 0.281. The smallest absolute Gasteiger partial charge is 0.314 e. The summed E-state index contributed by atoms with van der Waals surface area (Å²) in [6.45, 7) is 27.3. The van der Waals surface area contributed by atoms with E-state index in [-0.39, 0.29) is 0 Å². The molecule has 0 aromatic rings. The molecule has 0 saturated heterocycles. The van der Waals surface area contributed by atoms with Crippen LogP contribution in [0.3, 0.4) is 0 Å². The molecule has 0 aliphatic heterocycles. The standard InChI is InChI=1S/C18H52N2O5Si6/c1-26(2,17-13-15-19)21-28(5,6)23-30(9,10)25-31(11,12)24-29(7,8)22-27(3,4)18-14-16-20/h13-20H2,1-12H3. The molecular formula is C18H52N2O5Si6. The molecular weight excluding hydrogens is 493 g/mol. The summed E-state index contributed by atoms with van der Waals surface area (Å²) in [6, 6.07) is 2.10. The van der Waals surface area contributed by atoms with Crippen molar-refractivity contribution >= 4 is 50.9 Å². The van der Waals surface area contributed by atoms with E-state index in [1.54, 1.807) is 0 Å². The Morgan fingerprint density at radius 3 is 0.871 bits per heavy atom. The Morgan fingerprint density at radius 1 is 0.419 bits per heavy atom. The van der Waals surface area contributed by atoms with Crippen LogP contribution < -0.4 is 11.5 Å². The molecule has 0 bridgehead atoms. The summed E-state index contributed by atoms with van der Waals surface area (Å²) >= 11 is 0. The first kappa shape index (κ1) is 32.0. The number of hydrogen-bond acceptors (Lipinski definition) is 7. The van der Waals surface area contributed by atoms with Crippen molar-refractivity contribution in [2.75, 3.05) is 13.1 Å². The van der Waals surface area contributed by atoms with Gasteiger partial charge in [0.25, 0.3) is 0 Å². The van der Waals surface area contributed by atoms with Gasteiger partial charge < -0.3 is 32.0 Å². The van der Waals surface area contributed by atoms with Crippen LogP contribution in [0.2, 0.25) is 90.7 Å². The van der Waals surface area contributed by atoms with E-state index in [0.717, 1.165) is 24.9 Å². The fourth-order valence-corrected chi connectivity index (χ4v) is 34.3. The minimum atomic E-state index is -2.45. The largest absolute Gasteiger partial charge is 0.436 e. The van der Waals surface area contributed by atoms with Crippen molar-refractivity contribution in [3.63, 3.8) is 0 Å². The van der Waals surface area contributed by atoms with Gasteiger partial charge in [0.2, 0.25) is 0 Å². The van der Waals surface area contributed by atoms with Crippen molar-refractivity contribution in [2.24, 2.45) is 11.5 Å². The van der Waals surface area contributed by atoms with Crippen LogP contribution in [-0.2, 0) is 20.6 Å². The topological polar surface area (TPSA) is 98.2 Å². The molecule has 0 amide bonds. The highest BCUT2D eigenvalue weighted by Gasteiger charge is 2.47. The lowest BCUT2D eigenvalue weighted by Gasteiger charge is -2.43. The molecule has 0 aromatic carbocycles. The normalized spacial score (nSPS) is 14.9. The van der Waals surface area contributed by atoms with Crippen molar-refractivity contribution in [2.45, 2.75) is 103 Å². The van der Waals surface area contributed by atoms with Gasteiger partial charge in [-0.1, -0.05) is 0 Å². The average molecular weight is 545 g/mol. The molecule has 0 fully saturated rings. The van der Waals surface area contributed by atoms with E-state index in [9.17, 15) is 0 Å². The van der Waals surface area contributed by atoms with Gasteiger partial charge in [-0.3, -0.25) is 0 Å². The lowest BCUT2D eigenvalue weighted by Crippen LogP contribution is -2.60. The lowest BCUT2D eigenvalue weighted by atomic mass is 10.5. The van der Waals surface area contributed by atoms with Crippen molar-refractivity contribution in [3.05, 3.63) is 0 Å². The zero-order chi connectivity index (χ0) is 24.8. The molecule has 0 aromatic heterocycles. The fraction of sp³-hybridized carbons (Fsp3) is 1.00. The predicted octanol–water partition coefficient (Wildman–Crippen LogP) is 4.98. The SMILES string of the molecule is C[Si](C)(CCCN)O[Si](C)(C)O[Si](C)(C)O[Si](C)(C)O[Si](C)(C)O[Si](C)(C)CCCN. The molecule has 7 nitrogen and oxygen atoms in total. The fourth-order valence-electron chi connectivity index (χ4n) is 4.35. The molecule has 4 N–H and O–H groups in total. The molecule has 0 radical (unpaired) electrons. The van der Waals surface area contributed by atoms with Crippen molar-refractivity contribution in [1.29, 1.82) is 0 Å². The second-order valence-electron chi connectivity index (χ2n) is 11.4. The van der Waals surface area contributed by atoms with Crippen LogP contribution in [-0.4, -0.2) is 64.0 Å². The average Bonchev–Trinajstić information content (AvgIpc) is 2.44. The first-order valence-corrected chi connectivity index (χ1v) is 29.1. The molecule has 13 heteroatoms. The van der Waals surface area contributed by atoms with Crippen LogP contribution in [0.5, 0.6) is 0 Å². The second kappa shape index (κ2) is 12.1. The van der Waals surface area contributed by atoms with Gasteiger partial charge in [-0.25, -0.2) is 0 Å². The molecule has 0 unspecified atom stereocenters. The Kier molecular flexibility index (Phi) is 12.5. The molecule has 0 spiro atoms. The van der Waals surface area contributed by atoms with E-state index in [0.29, 0.717) is 13.1 Å². The summed E-state index contributed by atoms with van der Waals surface area (Å²) in [6.07, 6.45) is 2.00. The minimum absolute atomic E-state index is 0.705. The van der Waals surface area contributed by atoms with Crippen LogP contribution in [0.1, 0.15) is 12.8 Å². The highest BCUT2D eigenvalue weighted by molar-refractivity contribution is 6.91. The van der Waals surface area contributed by atoms with Crippen molar-refractivity contribution in [1.82, 2.24) is 0 Å². The first-order chi connectivity index (χ1) is 13.7. The summed E-state index contributed by atoms with van der Waals surface area (Å²) in [4.78, 5) is 0. The van der Waals surface area contributed by atoms with E-state index in [1.165, 1.54) is 0 Å². The van der Waals surface area contributed by atoms with Crippen LogP contribution in [0.4, 0.5) is 0 Å². The van der Waals surface area contributed by atoms with Gasteiger partial charge >= 0.3 is 34.2 Å². The van der Waals surface area contributed by atoms with E-state index in [2.05, 4.69) is 78.6 Å². The van der Waals surface area contributed by atoms with Gasteiger partial charge in [0.1, 0.15) is 0 Å². The number of rotatable bonds is 16. The summed E-state index contributed by atoms with van der Waals surface area (Å²) in [5, 5.41) is 0. The molecule has 0 aliphatic rings. The van der Waals surface area contributed by atoms with Crippen molar-refractivity contribution < 1.29 is 20.6 Å². The van der Waals surface area contributed by atoms with Crippen LogP contribution in [0.15, 0.2) is 0 Å². The summed E-state index contributed by atoms with van der Waals surface area (Å²) in [7, 11) is -13.2. The third kappa shape index (κ3) is 15.5. The maximum atomic E-state index is 6.62. The Balaban J connectivity index is 5.08. The predicted molar refractivity (Wildman–Crippen MR) is 147 cm³/mol. The third-order valence-electron chi connectivity index (χ3n) is 4.48. The molecule has 0 atom stereocenters. The van der Waals surface area contributed by atoms with Gasteiger partial charge in [0.15, 0.2) is 16.6 Å². The monoisotopic (exact) mass is 544 g/mol. The van der Waals surface area contributed by atoms with Crippen LogP contribution in [0.25, 0.3) is 0 Å². The first-order valence-electron chi connectivity index (χ1n) is 11.6. The van der Waals surface area contributed by atoms with Gasteiger partial charge in [0.05, 0.1) is 0 Å². The summed E-state index contributed by atoms with van der Waals surface area (Å²) in [5.74, 6) is 0. The Labute approximate surface area is 199 Å². The highest BCUT2D eigenvalue weighted by atomic mass is 28.5. The van der Waals surface area contributed by atoms with E-state index >= 15 is 0 Å². The number of hydrogen-bond donors (Lipinski definition) is 2. The van der Waals surface area contributed by atoms with E-state index in [1.807, 2.05) is 0 Å². The number of nitrogens with two attached hydrogens (primary N) is 2. The Hall–Kier alpha value is 1.02. The summed E-state index contributed by atoms with van der Waals surface area (Å²) < 4.78 is 33.0. The van der Waals surface area contributed by atoms with Crippen molar-refractivity contribution in [3.8, 4) is 0 Å². The molecule has 188 valence electrons. The Bertz CT molecular complexity index is 502.